The molecule has 11 nitrogen and oxygen atoms in total. The molecule has 2 N–H and O–H groups in total. The first-order valence-electron chi connectivity index (χ1n) is 17.8. The summed E-state index contributed by atoms with van der Waals surface area (Å²) in [5.41, 5.74) is -0.559. The number of carbonyl (C=O) groups excluding carboxylic acids is 3. The normalized spacial score (nSPS) is 19.4. The van der Waals surface area contributed by atoms with E-state index in [9.17, 15) is 14.4 Å². The quantitative estimate of drug-likeness (QED) is 0.174. The Balaban J connectivity index is 2.44. The van der Waals surface area contributed by atoms with E-state index in [-0.39, 0.29) is 48.1 Å². The van der Waals surface area contributed by atoms with Crippen LogP contribution in [-0.4, -0.2) is 87.3 Å². The summed E-state index contributed by atoms with van der Waals surface area (Å²) in [6, 6.07) is 5.69. The first-order chi connectivity index (χ1) is 22.8. The molecule has 280 valence electrons. The fraction of sp³-hybridized carbons (Fsp3) is 0.763. The largest absolute Gasteiger partial charge is 0.493 e. The Kier molecular flexibility index (Phi) is 16.2. The molecule has 3 amide bonds. The molecule has 1 aliphatic heterocycles. The Morgan fingerprint density at radius 1 is 0.959 bits per heavy atom. The average molecular weight is 692 g/mol. The van der Waals surface area contributed by atoms with E-state index >= 15 is 0 Å². The molecule has 0 aromatic heterocycles. The first-order valence-corrected chi connectivity index (χ1v) is 17.8. The van der Waals surface area contributed by atoms with Crippen molar-refractivity contribution >= 4 is 17.9 Å². The van der Waals surface area contributed by atoms with Crippen molar-refractivity contribution in [1.29, 1.82) is 0 Å². The molecule has 0 radical (unpaired) electrons. The highest BCUT2D eigenvalue weighted by atomic mass is 16.6. The lowest BCUT2D eigenvalue weighted by Crippen LogP contribution is -2.51. The summed E-state index contributed by atoms with van der Waals surface area (Å²) in [7, 11) is 4.89. The van der Waals surface area contributed by atoms with Crippen molar-refractivity contribution in [3.8, 4) is 11.5 Å². The maximum Gasteiger partial charge on any atom is 0.412 e. The number of rotatable bonds is 18. The summed E-state index contributed by atoms with van der Waals surface area (Å²) in [5.74, 6) is 0.782. The summed E-state index contributed by atoms with van der Waals surface area (Å²) in [6.45, 7) is 20.9. The monoisotopic (exact) mass is 691 g/mol. The van der Waals surface area contributed by atoms with Gasteiger partial charge in [0.05, 0.1) is 31.8 Å². The van der Waals surface area contributed by atoms with Gasteiger partial charge in [-0.25, -0.2) is 4.79 Å². The molecule has 11 heteroatoms. The molecule has 1 aromatic carbocycles. The van der Waals surface area contributed by atoms with E-state index in [0.29, 0.717) is 37.6 Å². The molecule has 5 atom stereocenters. The number of nitrogens with zero attached hydrogens (tertiary/aromatic N) is 1. The third-order valence-electron chi connectivity index (χ3n) is 9.24. The van der Waals surface area contributed by atoms with Gasteiger partial charge in [0.2, 0.25) is 11.8 Å². The number of hydrogen-bond acceptors (Lipinski definition) is 8. The summed E-state index contributed by atoms with van der Waals surface area (Å²) in [5, 5.41) is 5.63. The van der Waals surface area contributed by atoms with E-state index in [2.05, 4.69) is 30.5 Å². The number of nitrogens with one attached hydrogen (secondary N) is 2. The van der Waals surface area contributed by atoms with E-state index in [4.69, 9.17) is 23.7 Å². The van der Waals surface area contributed by atoms with Crippen molar-refractivity contribution in [2.45, 2.75) is 118 Å². The van der Waals surface area contributed by atoms with Crippen LogP contribution in [0, 0.1) is 29.6 Å². The molecule has 0 saturated carbocycles. The molecule has 2 rings (SSSR count). The lowest BCUT2D eigenvalue weighted by Gasteiger charge is -2.37. The van der Waals surface area contributed by atoms with Crippen molar-refractivity contribution in [3.63, 3.8) is 0 Å². The number of ether oxygens (including phenoxy) is 5. The van der Waals surface area contributed by atoms with Crippen LogP contribution in [0.1, 0.15) is 94.1 Å². The van der Waals surface area contributed by atoms with Crippen LogP contribution < -0.4 is 20.1 Å². The summed E-state index contributed by atoms with van der Waals surface area (Å²) < 4.78 is 29.5. The molecule has 0 aliphatic carbocycles. The molecule has 1 aliphatic rings. The highest BCUT2D eigenvalue weighted by Gasteiger charge is 2.52. The third kappa shape index (κ3) is 12.7. The first kappa shape index (κ1) is 42.1. The standard InChI is InChI=1S/C38H65N3O8/c1-24(2)28(19-27-15-16-31(46-13)33(20-27)47-18-14-17-45-12)21-30-32(48-38(9,10)41(30)36(44)49-37(6,7)8)22-29(25(3)4)35(43)40-23-26(5)34(42)39-11/h15-16,20,24-26,28-30,32H,14,17-19,21-23H2,1-13H3,(H,39,42)(H,40,43)/t26-,28-,29-,30?,32?/m0/s1. The zero-order valence-electron chi connectivity index (χ0n) is 32.4. The number of hydrogen-bond donors (Lipinski definition) is 2. The fourth-order valence-electron chi connectivity index (χ4n) is 6.41. The summed E-state index contributed by atoms with van der Waals surface area (Å²) >= 11 is 0. The van der Waals surface area contributed by atoms with Crippen molar-refractivity contribution in [2.24, 2.45) is 29.6 Å². The van der Waals surface area contributed by atoms with Crippen LogP contribution in [0.15, 0.2) is 18.2 Å². The molecule has 0 spiro atoms. The minimum absolute atomic E-state index is 0.000696. The Hall–Kier alpha value is -3.05. The van der Waals surface area contributed by atoms with E-state index in [0.717, 1.165) is 18.4 Å². The number of methoxy groups -OCH3 is 2. The number of benzene rings is 1. The van der Waals surface area contributed by atoms with Crippen LogP contribution in [0.4, 0.5) is 4.79 Å². The number of amides is 3. The molecule has 1 aromatic rings. The maximum absolute atomic E-state index is 13.9. The molecule has 1 saturated heterocycles. The van der Waals surface area contributed by atoms with Crippen molar-refractivity contribution in [3.05, 3.63) is 23.8 Å². The van der Waals surface area contributed by atoms with Gasteiger partial charge in [0.25, 0.3) is 0 Å². The van der Waals surface area contributed by atoms with Gasteiger partial charge in [0, 0.05) is 39.6 Å². The van der Waals surface area contributed by atoms with Gasteiger partial charge in [-0.05, 0) is 89.3 Å². The van der Waals surface area contributed by atoms with E-state index in [1.807, 2.05) is 60.6 Å². The van der Waals surface area contributed by atoms with Gasteiger partial charge in [-0.3, -0.25) is 14.5 Å². The Bertz CT molecular complexity index is 1210. The lowest BCUT2D eigenvalue weighted by molar-refractivity contribution is -0.130. The molecule has 0 bridgehead atoms. The highest BCUT2D eigenvalue weighted by molar-refractivity contribution is 5.81. The highest BCUT2D eigenvalue weighted by Crippen LogP contribution is 2.41. The molecule has 49 heavy (non-hydrogen) atoms. The van der Waals surface area contributed by atoms with Gasteiger partial charge >= 0.3 is 6.09 Å². The third-order valence-corrected chi connectivity index (χ3v) is 9.24. The van der Waals surface area contributed by atoms with Crippen LogP contribution in [0.25, 0.3) is 0 Å². The second-order valence-corrected chi connectivity index (χ2v) is 15.5. The van der Waals surface area contributed by atoms with Gasteiger partial charge in [-0.15, -0.1) is 0 Å². The summed E-state index contributed by atoms with van der Waals surface area (Å²) in [6.07, 6.45) is 1.70. The van der Waals surface area contributed by atoms with Crippen LogP contribution in [0.2, 0.25) is 0 Å². The van der Waals surface area contributed by atoms with Crippen LogP contribution in [0.5, 0.6) is 11.5 Å². The van der Waals surface area contributed by atoms with Crippen molar-refractivity contribution in [1.82, 2.24) is 15.5 Å². The smallest absolute Gasteiger partial charge is 0.412 e. The molecular weight excluding hydrogens is 626 g/mol. The van der Waals surface area contributed by atoms with Crippen LogP contribution >= 0.6 is 0 Å². The van der Waals surface area contributed by atoms with Gasteiger partial charge < -0.3 is 34.3 Å². The Morgan fingerprint density at radius 2 is 1.63 bits per heavy atom. The minimum atomic E-state index is -0.964. The SMILES string of the molecule is CNC(=O)[C@@H](C)CNC(=O)[C@@H](CC1OC(C)(C)N(C(=O)OC(C)(C)C)C1C[C@H](Cc1ccc(OC)c(OCCCOC)c1)C(C)C)C(C)C. The molecular formula is C38H65N3O8. The lowest BCUT2D eigenvalue weighted by atomic mass is 9.80. The molecule has 1 heterocycles. The van der Waals surface area contributed by atoms with E-state index in [1.165, 1.54) is 0 Å². The second kappa shape index (κ2) is 18.8. The zero-order chi connectivity index (χ0) is 37.1. The second-order valence-electron chi connectivity index (χ2n) is 15.5. The van der Waals surface area contributed by atoms with Crippen LogP contribution in [0.3, 0.4) is 0 Å². The van der Waals surface area contributed by atoms with Gasteiger partial charge in [-0.2, -0.15) is 0 Å². The molecule has 1 fully saturated rings. The average Bonchev–Trinajstić information content (AvgIpc) is 3.27. The predicted molar refractivity (Wildman–Crippen MR) is 192 cm³/mol. The maximum atomic E-state index is 13.9. The van der Waals surface area contributed by atoms with Gasteiger partial charge in [-0.1, -0.05) is 40.7 Å². The minimum Gasteiger partial charge on any atom is -0.493 e. The zero-order valence-corrected chi connectivity index (χ0v) is 32.4. The fourth-order valence-corrected chi connectivity index (χ4v) is 6.41. The van der Waals surface area contributed by atoms with E-state index < -0.39 is 29.4 Å². The van der Waals surface area contributed by atoms with Crippen molar-refractivity contribution < 1.29 is 38.1 Å². The van der Waals surface area contributed by atoms with Crippen molar-refractivity contribution in [2.75, 3.05) is 41.0 Å². The molecule has 2 unspecified atom stereocenters. The van der Waals surface area contributed by atoms with Gasteiger partial charge in [0.1, 0.15) is 11.3 Å². The van der Waals surface area contributed by atoms with Crippen LogP contribution in [-0.2, 0) is 30.2 Å². The Morgan fingerprint density at radius 3 is 2.18 bits per heavy atom. The topological polar surface area (TPSA) is 125 Å². The number of carbonyl (C=O) groups is 3. The van der Waals surface area contributed by atoms with E-state index in [1.54, 1.807) is 33.1 Å². The predicted octanol–water partition coefficient (Wildman–Crippen LogP) is 6.22. The summed E-state index contributed by atoms with van der Waals surface area (Å²) in [4.78, 5) is 41.3. The van der Waals surface area contributed by atoms with Gasteiger partial charge in [0.15, 0.2) is 11.5 Å². The Labute approximate surface area is 295 Å².